The van der Waals surface area contributed by atoms with E-state index < -0.39 is 5.91 Å². The van der Waals surface area contributed by atoms with Crippen molar-refractivity contribution >= 4 is 33.7 Å². The van der Waals surface area contributed by atoms with Gasteiger partial charge in [-0.2, -0.15) is 0 Å². The summed E-state index contributed by atoms with van der Waals surface area (Å²) < 4.78 is 0. The third-order valence-electron chi connectivity index (χ3n) is 3.21. The number of amides is 1. The fourth-order valence-corrected chi connectivity index (χ4v) is 3.08. The van der Waals surface area contributed by atoms with Crippen molar-refractivity contribution in [1.29, 1.82) is 0 Å². The molecule has 2 aromatic rings. The molecule has 6 heteroatoms. The maximum absolute atomic E-state index is 11.6. The lowest BCUT2D eigenvalue weighted by atomic mass is 10.1. The highest BCUT2D eigenvalue weighted by molar-refractivity contribution is 7.19. The van der Waals surface area contributed by atoms with Crippen molar-refractivity contribution in [2.24, 2.45) is 5.73 Å². The van der Waals surface area contributed by atoms with Gasteiger partial charge in [0.2, 0.25) is 0 Å². The van der Waals surface area contributed by atoms with Gasteiger partial charge in [0, 0.05) is 13.5 Å². The van der Waals surface area contributed by atoms with Gasteiger partial charge in [-0.05, 0) is 18.1 Å². The van der Waals surface area contributed by atoms with E-state index in [4.69, 9.17) is 11.5 Å². The monoisotopic (exact) mass is 303 g/mol. The molecule has 0 radical (unpaired) electrons. The smallest absolute Gasteiger partial charge is 0.253 e. The van der Waals surface area contributed by atoms with Crippen LogP contribution in [-0.2, 0) is 6.54 Å². The van der Waals surface area contributed by atoms with Gasteiger partial charge in [-0.1, -0.05) is 24.3 Å². The molecule has 1 aromatic heterocycles. The molecule has 0 aliphatic carbocycles. The molecule has 0 saturated heterocycles. The zero-order chi connectivity index (χ0) is 15.6. The highest BCUT2D eigenvalue weighted by atomic mass is 32.1. The molecule has 0 bridgehead atoms. The fraction of sp³-hybridized carbons (Fsp3) is 0.200. The SMILES string of the molecule is CC(=O)c1sc(NCc2ccccc2C)c(C(N)=O)c1N. The molecule has 0 aliphatic rings. The molecule has 1 heterocycles. The maximum atomic E-state index is 11.6. The van der Waals surface area contributed by atoms with E-state index >= 15 is 0 Å². The number of thiophene rings is 1. The van der Waals surface area contributed by atoms with E-state index in [1.807, 2.05) is 31.2 Å². The van der Waals surface area contributed by atoms with E-state index in [0.717, 1.165) is 22.5 Å². The number of ketones is 1. The Bertz CT molecular complexity index is 707. The molecule has 0 saturated carbocycles. The summed E-state index contributed by atoms with van der Waals surface area (Å²) in [6, 6.07) is 7.92. The van der Waals surface area contributed by atoms with E-state index in [1.165, 1.54) is 6.92 Å². The summed E-state index contributed by atoms with van der Waals surface area (Å²) in [7, 11) is 0. The van der Waals surface area contributed by atoms with Gasteiger partial charge < -0.3 is 16.8 Å². The Kier molecular flexibility index (Phi) is 4.28. The second-order valence-corrected chi connectivity index (χ2v) is 5.77. The summed E-state index contributed by atoms with van der Waals surface area (Å²) in [6.07, 6.45) is 0. The minimum atomic E-state index is -0.636. The van der Waals surface area contributed by atoms with Gasteiger partial charge >= 0.3 is 0 Å². The molecule has 0 aliphatic heterocycles. The Morgan fingerprint density at radius 3 is 2.52 bits per heavy atom. The minimum absolute atomic E-state index is 0.160. The van der Waals surface area contributed by atoms with Crippen LogP contribution in [0.5, 0.6) is 0 Å². The van der Waals surface area contributed by atoms with Crippen LogP contribution in [0.1, 0.15) is 38.1 Å². The number of benzene rings is 1. The quantitative estimate of drug-likeness (QED) is 0.739. The number of aryl methyl sites for hydroxylation is 1. The Balaban J connectivity index is 2.32. The van der Waals surface area contributed by atoms with Gasteiger partial charge in [0.15, 0.2) is 5.78 Å². The highest BCUT2D eigenvalue weighted by Crippen LogP contribution is 2.36. The predicted octanol–water partition coefficient (Wildman–Crippen LogP) is 2.55. The molecule has 0 fully saturated rings. The van der Waals surface area contributed by atoms with Crippen LogP contribution in [0.4, 0.5) is 10.7 Å². The van der Waals surface area contributed by atoms with Gasteiger partial charge in [-0.3, -0.25) is 9.59 Å². The first-order valence-electron chi connectivity index (χ1n) is 6.43. The number of hydrogen-bond acceptors (Lipinski definition) is 5. The van der Waals surface area contributed by atoms with Crippen molar-refractivity contribution in [2.45, 2.75) is 20.4 Å². The zero-order valence-corrected chi connectivity index (χ0v) is 12.7. The van der Waals surface area contributed by atoms with E-state index in [0.29, 0.717) is 16.4 Å². The van der Waals surface area contributed by atoms with Crippen molar-refractivity contribution in [3.63, 3.8) is 0 Å². The predicted molar refractivity (Wildman–Crippen MR) is 85.8 cm³/mol. The molecule has 2 rings (SSSR count). The molecule has 5 N–H and O–H groups in total. The number of rotatable bonds is 5. The summed E-state index contributed by atoms with van der Waals surface area (Å²) in [4.78, 5) is 23.4. The van der Waals surface area contributed by atoms with Crippen LogP contribution in [0.25, 0.3) is 0 Å². The second kappa shape index (κ2) is 5.97. The van der Waals surface area contributed by atoms with E-state index in [2.05, 4.69) is 5.32 Å². The first-order valence-corrected chi connectivity index (χ1v) is 7.24. The lowest BCUT2D eigenvalue weighted by Crippen LogP contribution is -2.15. The second-order valence-electron chi connectivity index (χ2n) is 4.75. The molecule has 1 amide bonds. The third kappa shape index (κ3) is 3.05. The lowest BCUT2D eigenvalue weighted by molar-refractivity contribution is 0.100. The Morgan fingerprint density at radius 2 is 1.95 bits per heavy atom. The van der Waals surface area contributed by atoms with E-state index in [9.17, 15) is 9.59 Å². The number of nitrogens with one attached hydrogen (secondary N) is 1. The molecule has 21 heavy (non-hydrogen) atoms. The van der Waals surface area contributed by atoms with E-state index in [1.54, 1.807) is 0 Å². The van der Waals surface area contributed by atoms with E-state index in [-0.39, 0.29) is 17.0 Å². The number of anilines is 2. The van der Waals surface area contributed by atoms with Crippen molar-refractivity contribution in [1.82, 2.24) is 0 Å². The Morgan fingerprint density at radius 1 is 1.29 bits per heavy atom. The molecule has 0 spiro atoms. The number of hydrogen-bond donors (Lipinski definition) is 3. The molecule has 0 unspecified atom stereocenters. The van der Waals surface area contributed by atoms with Crippen molar-refractivity contribution in [2.75, 3.05) is 11.1 Å². The van der Waals surface area contributed by atoms with Gasteiger partial charge in [0.05, 0.1) is 16.1 Å². The summed E-state index contributed by atoms with van der Waals surface area (Å²) >= 11 is 1.16. The van der Waals surface area contributed by atoms with Crippen LogP contribution in [0.2, 0.25) is 0 Å². The molecular weight excluding hydrogens is 286 g/mol. The van der Waals surface area contributed by atoms with Crippen LogP contribution in [-0.4, -0.2) is 11.7 Å². The van der Waals surface area contributed by atoms with Gasteiger partial charge in [0.1, 0.15) is 5.00 Å². The number of carbonyl (C=O) groups is 2. The topological polar surface area (TPSA) is 98.2 Å². The molecule has 110 valence electrons. The minimum Gasteiger partial charge on any atom is -0.397 e. The Hall–Kier alpha value is -2.34. The third-order valence-corrected chi connectivity index (χ3v) is 4.48. The lowest BCUT2D eigenvalue weighted by Gasteiger charge is -2.08. The number of carbonyl (C=O) groups excluding carboxylic acids is 2. The number of nitrogens with two attached hydrogens (primary N) is 2. The number of nitrogen functional groups attached to an aromatic ring is 1. The maximum Gasteiger partial charge on any atom is 0.253 e. The molecule has 5 nitrogen and oxygen atoms in total. The summed E-state index contributed by atoms with van der Waals surface area (Å²) in [6.45, 7) is 3.96. The summed E-state index contributed by atoms with van der Waals surface area (Å²) in [5.74, 6) is -0.813. The zero-order valence-electron chi connectivity index (χ0n) is 11.9. The largest absolute Gasteiger partial charge is 0.397 e. The Labute approximate surface area is 127 Å². The standard InChI is InChI=1S/C15H17N3O2S/c1-8-5-3-4-6-10(8)7-18-15-11(14(17)20)12(16)13(21-15)9(2)19/h3-6,18H,7,16H2,1-2H3,(H2,17,20). The first kappa shape index (κ1) is 15.1. The average molecular weight is 303 g/mol. The van der Waals surface area contributed by atoms with Gasteiger partial charge in [-0.25, -0.2) is 0 Å². The fourth-order valence-electron chi connectivity index (χ4n) is 2.06. The number of Topliss-reactive ketones (excluding diaryl/α,β-unsaturated/α-hetero) is 1. The average Bonchev–Trinajstić information content (AvgIpc) is 2.75. The van der Waals surface area contributed by atoms with Crippen LogP contribution >= 0.6 is 11.3 Å². The normalized spacial score (nSPS) is 10.4. The van der Waals surface area contributed by atoms with Crippen molar-refractivity contribution in [3.8, 4) is 0 Å². The first-order chi connectivity index (χ1) is 9.91. The highest BCUT2D eigenvalue weighted by Gasteiger charge is 2.22. The van der Waals surface area contributed by atoms with Gasteiger partial charge in [-0.15, -0.1) is 11.3 Å². The van der Waals surface area contributed by atoms with Crippen LogP contribution in [0.3, 0.4) is 0 Å². The van der Waals surface area contributed by atoms with Gasteiger partial charge in [0.25, 0.3) is 5.91 Å². The molecule has 0 atom stereocenters. The summed E-state index contributed by atoms with van der Waals surface area (Å²) in [5, 5.41) is 3.69. The summed E-state index contributed by atoms with van der Waals surface area (Å²) in [5.41, 5.74) is 13.8. The number of primary amides is 1. The van der Waals surface area contributed by atoms with Crippen LogP contribution < -0.4 is 16.8 Å². The molecular formula is C15H17N3O2S. The van der Waals surface area contributed by atoms with Crippen molar-refractivity contribution < 1.29 is 9.59 Å². The van der Waals surface area contributed by atoms with Crippen molar-refractivity contribution in [3.05, 3.63) is 45.8 Å². The van der Waals surface area contributed by atoms with Crippen LogP contribution in [0.15, 0.2) is 24.3 Å². The van der Waals surface area contributed by atoms with Crippen LogP contribution in [0, 0.1) is 6.92 Å². The molecule has 1 aromatic carbocycles.